The van der Waals surface area contributed by atoms with Gasteiger partial charge in [-0.3, -0.25) is 0 Å². The van der Waals surface area contributed by atoms with Gasteiger partial charge >= 0.3 is 0 Å². The molecule has 0 saturated heterocycles. The smallest absolute Gasteiger partial charge is 0.129 e. The van der Waals surface area contributed by atoms with Crippen molar-refractivity contribution in [3.63, 3.8) is 0 Å². The lowest BCUT2D eigenvalue weighted by Gasteiger charge is -2.08. The van der Waals surface area contributed by atoms with Gasteiger partial charge in [-0.1, -0.05) is 13.3 Å². The van der Waals surface area contributed by atoms with E-state index in [4.69, 9.17) is 5.11 Å². The van der Waals surface area contributed by atoms with E-state index < -0.39 is 0 Å². The summed E-state index contributed by atoms with van der Waals surface area (Å²) in [6.45, 7) is 4.10. The van der Waals surface area contributed by atoms with Crippen LogP contribution in [0.5, 0.6) is 0 Å². The van der Waals surface area contributed by atoms with Gasteiger partial charge in [0.1, 0.15) is 5.78 Å². The maximum Gasteiger partial charge on any atom is 0.129 e. The van der Waals surface area contributed by atoms with Gasteiger partial charge in [0.05, 0.1) is 0 Å². The van der Waals surface area contributed by atoms with Gasteiger partial charge in [0.2, 0.25) is 0 Å². The van der Waals surface area contributed by atoms with Crippen LogP contribution >= 0.6 is 0 Å². The Balaban J connectivity index is 3.19. The fourth-order valence-corrected chi connectivity index (χ4v) is 1.28. The fraction of sp³-hybridized carbons (Fsp3) is 0.900. The summed E-state index contributed by atoms with van der Waals surface area (Å²) in [4.78, 5) is 10.6. The SMILES string of the molecule is CC(=O)CCCC(C)CCCO. The molecule has 1 unspecified atom stereocenters. The highest BCUT2D eigenvalue weighted by atomic mass is 16.2. The number of aliphatic hydroxyl groups is 1. The lowest BCUT2D eigenvalue weighted by Crippen LogP contribution is -1.98. The molecule has 0 aliphatic carbocycles. The molecule has 0 heterocycles. The van der Waals surface area contributed by atoms with Crippen LogP contribution < -0.4 is 0 Å². The second-order valence-electron chi connectivity index (χ2n) is 3.57. The summed E-state index contributed by atoms with van der Waals surface area (Å²) in [5.41, 5.74) is 0. The highest BCUT2D eigenvalue weighted by Gasteiger charge is 2.02. The molecule has 2 heteroatoms. The molecule has 0 spiro atoms. The van der Waals surface area contributed by atoms with Crippen LogP contribution in [0.3, 0.4) is 0 Å². The normalized spacial score (nSPS) is 12.9. The first kappa shape index (κ1) is 11.6. The Morgan fingerprint density at radius 1 is 1.33 bits per heavy atom. The summed E-state index contributed by atoms with van der Waals surface area (Å²) in [6, 6.07) is 0. The summed E-state index contributed by atoms with van der Waals surface area (Å²) in [7, 11) is 0. The van der Waals surface area contributed by atoms with Gasteiger partial charge in [0.15, 0.2) is 0 Å². The second-order valence-corrected chi connectivity index (χ2v) is 3.57. The van der Waals surface area contributed by atoms with Gasteiger partial charge in [-0.25, -0.2) is 0 Å². The van der Waals surface area contributed by atoms with E-state index in [1.165, 1.54) is 0 Å². The van der Waals surface area contributed by atoms with E-state index >= 15 is 0 Å². The maximum absolute atomic E-state index is 10.6. The Hall–Kier alpha value is -0.370. The zero-order valence-electron chi connectivity index (χ0n) is 8.18. The molecule has 0 aliphatic rings. The van der Waals surface area contributed by atoms with Crippen molar-refractivity contribution in [2.24, 2.45) is 5.92 Å². The molecule has 72 valence electrons. The molecule has 0 saturated carbocycles. The number of hydrogen-bond acceptors (Lipinski definition) is 2. The molecular formula is C10H20O2. The minimum atomic E-state index is 0.282. The molecule has 0 fully saturated rings. The molecular weight excluding hydrogens is 152 g/mol. The van der Waals surface area contributed by atoms with E-state index in [0.29, 0.717) is 12.3 Å². The molecule has 0 bridgehead atoms. The molecule has 0 amide bonds. The van der Waals surface area contributed by atoms with E-state index in [-0.39, 0.29) is 12.4 Å². The third-order valence-electron chi connectivity index (χ3n) is 2.08. The van der Waals surface area contributed by atoms with E-state index in [1.54, 1.807) is 6.92 Å². The van der Waals surface area contributed by atoms with Crippen molar-refractivity contribution in [2.75, 3.05) is 6.61 Å². The van der Waals surface area contributed by atoms with Crippen LogP contribution in [0.4, 0.5) is 0 Å². The highest BCUT2D eigenvalue weighted by Crippen LogP contribution is 2.13. The lowest BCUT2D eigenvalue weighted by molar-refractivity contribution is -0.117. The van der Waals surface area contributed by atoms with Crippen molar-refractivity contribution in [1.29, 1.82) is 0 Å². The lowest BCUT2D eigenvalue weighted by atomic mass is 9.98. The van der Waals surface area contributed by atoms with Crippen molar-refractivity contribution < 1.29 is 9.90 Å². The monoisotopic (exact) mass is 172 g/mol. The van der Waals surface area contributed by atoms with Gasteiger partial charge in [-0.05, 0) is 32.1 Å². The topological polar surface area (TPSA) is 37.3 Å². The van der Waals surface area contributed by atoms with Gasteiger partial charge in [0, 0.05) is 13.0 Å². The minimum absolute atomic E-state index is 0.282. The predicted octanol–water partition coefficient (Wildman–Crippen LogP) is 2.15. The van der Waals surface area contributed by atoms with Gasteiger partial charge < -0.3 is 9.90 Å². The molecule has 0 aliphatic heterocycles. The van der Waals surface area contributed by atoms with E-state index in [0.717, 1.165) is 25.7 Å². The molecule has 0 radical (unpaired) electrons. The van der Waals surface area contributed by atoms with Crippen LogP contribution in [0, 0.1) is 5.92 Å². The van der Waals surface area contributed by atoms with E-state index in [2.05, 4.69) is 6.92 Å². The highest BCUT2D eigenvalue weighted by molar-refractivity contribution is 5.75. The molecule has 2 nitrogen and oxygen atoms in total. The van der Waals surface area contributed by atoms with Crippen molar-refractivity contribution in [3.8, 4) is 0 Å². The van der Waals surface area contributed by atoms with Crippen LogP contribution in [-0.4, -0.2) is 17.5 Å². The van der Waals surface area contributed by atoms with Crippen LogP contribution in [0.25, 0.3) is 0 Å². The summed E-state index contributed by atoms with van der Waals surface area (Å²) < 4.78 is 0. The zero-order chi connectivity index (χ0) is 9.40. The molecule has 1 atom stereocenters. The summed E-state index contributed by atoms with van der Waals surface area (Å²) in [5, 5.41) is 8.57. The van der Waals surface area contributed by atoms with Crippen LogP contribution in [0.15, 0.2) is 0 Å². The standard InChI is InChI=1S/C10H20O2/c1-9(6-4-8-11)5-3-7-10(2)12/h9,11H,3-8H2,1-2H3. The Labute approximate surface area is 75.0 Å². The summed E-state index contributed by atoms with van der Waals surface area (Å²) in [6.07, 6.45) is 4.79. The van der Waals surface area contributed by atoms with Crippen molar-refractivity contribution in [2.45, 2.75) is 46.0 Å². The molecule has 0 rings (SSSR count). The molecule has 12 heavy (non-hydrogen) atoms. The second kappa shape index (κ2) is 7.29. The number of hydrogen-bond donors (Lipinski definition) is 1. The van der Waals surface area contributed by atoms with Crippen molar-refractivity contribution >= 4 is 5.78 Å². The number of ketones is 1. The van der Waals surface area contributed by atoms with Crippen molar-refractivity contribution in [1.82, 2.24) is 0 Å². The Bertz CT molecular complexity index is 121. The molecule has 0 aromatic rings. The number of aliphatic hydroxyl groups excluding tert-OH is 1. The Morgan fingerprint density at radius 2 is 1.92 bits per heavy atom. The quantitative estimate of drug-likeness (QED) is 0.639. The first-order chi connectivity index (χ1) is 5.66. The average Bonchev–Trinajstić information content (AvgIpc) is 2.00. The summed E-state index contributed by atoms with van der Waals surface area (Å²) in [5.74, 6) is 0.931. The summed E-state index contributed by atoms with van der Waals surface area (Å²) >= 11 is 0. The number of carbonyl (C=O) groups is 1. The number of rotatable bonds is 7. The van der Waals surface area contributed by atoms with Crippen LogP contribution in [0.2, 0.25) is 0 Å². The van der Waals surface area contributed by atoms with E-state index in [1.807, 2.05) is 0 Å². The van der Waals surface area contributed by atoms with Gasteiger partial charge in [0.25, 0.3) is 0 Å². The van der Waals surface area contributed by atoms with Gasteiger partial charge in [-0.2, -0.15) is 0 Å². The third kappa shape index (κ3) is 7.73. The molecule has 1 N–H and O–H groups in total. The largest absolute Gasteiger partial charge is 0.396 e. The fourth-order valence-electron chi connectivity index (χ4n) is 1.28. The maximum atomic E-state index is 10.6. The first-order valence-corrected chi connectivity index (χ1v) is 4.77. The molecule has 0 aromatic heterocycles. The van der Waals surface area contributed by atoms with Gasteiger partial charge in [-0.15, -0.1) is 0 Å². The zero-order valence-corrected chi connectivity index (χ0v) is 8.18. The third-order valence-corrected chi connectivity index (χ3v) is 2.08. The van der Waals surface area contributed by atoms with Crippen molar-refractivity contribution in [3.05, 3.63) is 0 Å². The predicted molar refractivity (Wildman–Crippen MR) is 50.0 cm³/mol. The van der Waals surface area contributed by atoms with Crippen LogP contribution in [-0.2, 0) is 4.79 Å². The first-order valence-electron chi connectivity index (χ1n) is 4.77. The number of Topliss-reactive ketones (excluding diaryl/α,β-unsaturated/α-hetero) is 1. The van der Waals surface area contributed by atoms with E-state index in [9.17, 15) is 4.79 Å². The Morgan fingerprint density at radius 3 is 2.42 bits per heavy atom. The minimum Gasteiger partial charge on any atom is -0.396 e. The van der Waals surface area contributed by atoms with Crippen LogP contribution in [0.1, 0.15) is 46.0 Å². The Kier molecular flexibility index (Phi) is 7.06. The number of carbonyl (C=O) groups excluding carboxylic acids is 1. The molecule has 0 aromatic carbocycles. The average molecular weight is 172 g/mol.